The highest BCUT2D eigenvalue weighted by atomic mass is 19.1. The number of hydrogen-bond donors (Lipinski definition) is 2. The number of rotatable bonds is 5. The molecule has 0 radical (unpaired) electrons. The van der Waals surface area contributed by atoms with Crippen LogP contribution < -0.4 is 10.6 Å². The van der Waals surface area contributed by atoms with Crippen molar-refractivity contribution in [2.24, 2.45) is 7.05 Å². The van der Waals surface area contributed by atoms with E-state index in [2.05, 4.69) is 25.7 Å². The van der Waals surface area contributed by atoms with Crippen LogP contribution >= 0.6 is 0 Å². The maximum absolute atomic E-state index is 13.6. The predicted molar refractivity (Wildman–Crippen MR) is 82.2 cm³/mol. The van der Waals surface area contributed by atoms with Crippen LogP contribution in [0.25, 0.3) is 0 Å². The average Bonchev–Trinajstić information content (AvgIpc) is 2.91. The number of aryl methyl sites for hydroxylation is 1. The van der Waals surface area contributed by atoms with Crippen molar-refractivity contribution in [3.63, 3.8) is 0 Å². The molecule has 0 amide bonds. The number of anilines is 3. The fourth-order valence-corrected chi connectivity index (χ4v) is 2.05. The second-order valence-corrected chi connectivity index (χ2v) is 4.99. The number of aromatic nitrogens is 4. The Morgan fingerprint density at radius 1 is 1.17 bits per heavy atom. The Morgan fingerprint density at radius 3 is 2.58 bits per heavy atom. The van der Waals surface area contributed by atoms with Crippen LogP contribution in [0.15, 0.2) is 36.8 Å². The van der Waals surface area contributed by atoms with Crippen molar-refractivity contribution in [2.75, 3.05) is 10.6 Å². The Hall–Kier alpha value is -3.10. The fraction of sp³-hybridized carbons (Fsp3) is 0.133. The van der Waals surface area contributed by atoms with Crippen molar-refractivity contribution in [3.05, 3.63) is 59.8 Å². The molecule has 0 unspecified atom stereocenters. The van der Waals surface area contributed by atoms with E-state index in [0.29, 0.717) is 29.6 Å². The zero-order valence-corrected chi connectivity index (χ0v) is 12.6. The van der Waals surface area contributed by atoms with Gasteiger partial charge in [-0.3, -0.25) is 4.68 Å². The molecule has 0 fully saturated rings. The minimum absolute atomic E-state index is 0.179. The van der Waals surface area contributed by atoms with E-state index < -0.39 is 17.5 Å². The SMILES string of the molecule is Cn1cc(Nc2nccc(NCc3c(F)cc(F)cc3F)n2)cn1. The first-order chi connectivity index (χ1) is 11.5. The summed E-state index contributed by atoms with van der Waals surface area (Å²) in [6.45, 7) is -0.179. The molecular weight excluding hydrogens is 321 g/mol. The second-order valence-electron chi connectivity index (χ2n) is 4.99. The van der Waals surface area contributed by atoms with Gasteiger partial charge in [0, 0.05) is 43.7 Å². The Morgan fingerprint density at radius 2 is 1.92 bits per heavy atom. The van der Waals surface area contributed by atoms with Crippen molar-refractivity contribution in [2.45, 2.75) is 6.54 Å². The summed E-state index contributed by atoms with van der Waals surface area (Å²) in [4.78, 5) is 8.23. The van der Waals surface area contributed by atoms with Crippen molar-refractivity contribution in [3.8, 4) is 0 Å². The van der Waals surface area contributed by atoms with Crippen LogP contribution in [0.2, 0.25) is 0 Å². The van der Waals surface area contributed by atoms with Crippen LogP contribution in [0.3, 0.4) is 0 Å². The summed E-state index contributed by atoms with van der Waals surface area (Å²) in [7, 11) is 1.77. The van der Waals surface area contributed by atoms with E-state index >= 15 is 0 Å². The molecule has 9 heteroatoms. The Balaban J connectivity index is 1.71. The lowest BCUT2D eigenvalue weighted by Gasteiger charge is -2.09. The van der Waals surface area contributed by atoms with Crippen molar-refractivity contribution in [1.29, 1.82) is 0 Å². The Bertz CT molecular complexity index is 841. The van der Waals surface area contributed by atoms with Crippen LogP contribution in [0.5, 0.6) is 0 Å². The van der Waals surface area contributed by atoms with Gasteiger partial charge in [0.15, 0.2) is 0 Å². The predicted octanol–water partition coefficient (Wildman–Crippen LogP) is 2.98. The molecule has 6 nitrogen and oxygen atoms in total. The van der Waals surface area contributed by atoms with E-state index in [9.17, 15) is 13.2 Å². The van der Waals surface area contributed by atoms with E-state index in [0.717, 1.165) is 0 Å². The molecule has 0 aliphatic carbocycles. The Kier molecular flexibility index (Phi) is 4.32. The van der Waals surface area contributed by atoms with Crippen LogP contribution in [0.4, 0.5) is 30.6 Å². The van der Waals surface area contributed by atoms with E-state index in [1.165, 1.54) is 6.20 Å². The molecule has 0 saturated heterocycles. The molecule has 0 aliphatic heterocycles. The lowest BCUT2D eigenvalue weighted by Crippen LogP contribution is -2.07. The van der Waals surface area contributed by atoms with E-state index in [4.69, 9.17) is 0 Å². The number of hydrogen-bond acceptors (Lipinski definition) is 5. The quantitative estimate of drug-likeness (QED) is 0.751. The molecule has 0 saturated carbocycles. The lowest BCUT2D eigenvalue weighted by molar-refractivity contribution is 0.526. The van der Waals surface area contributed by atoms with Gasteiger partial charge in [-0.25, -0.2) is 18.2 Å². The van der Waals surface area contributed by atoms with E-state index in [1.807, 2.05) is 0 Å². The number of halogens is 3. The van der Waals surface area contributed by atoms with Gasteiger partial charge in [0.25, 0.3) is 0 Å². The highest BCUT2D eigenvalue weighted by Gasteiger charge is 2.11. The molecule has 2 aromatic heterocycles. The summed E-state index contributed by atoms with van der Waals surface area (Å²) in [6.07, 6.45) is 4.84. The molecule has 3 aromatic rings. The maximum atomic E-state index is 13.6. The van der Waals surface area contributed by atoms with Gasteiger partial charge in [0.1, 0.15) is 23.3 Å². The third-order valence-corrected chi connectivity index (χ3v) is 3.17. The first-order valence-electron chi connectivity index (χ1n) is 6.97. The first kappa shape index (κ1) is 15.8. The van der Waals surface area contributed by atoms with Gasteiger partial charge in [0.2, 0.25) is 5.95 Å². The van der Waals surface area contributed by atoms with Crippen LogP contribution in [0, 0.1) is 17.5 Å². The zero-order chi connectivity index (χ0) is 17.1. The van der Waals surface area contributed by atoms with E-state index in [1.54, 1.807) is 30.2 Å². The molecule has 2 N–H and O–H groups in total. The highest BCUT2D eigenvalue weighted by molar-refractivity contribution is 5.52. The molecule has 0 bridgehead atoms. The van der Waals surface area contributed by atoms with Gasteiger partial charge in [-0.2, -0.15) is 10.1 Å². The van der Waals surface area contributed by atoms with Gasteiger partial charge in [-0.1, -0.05) is 0 Å². The van der Waals surface area contributed by atoms with Gasteiger partial charge < -0.3 is 10.6 Å². The molecule has 0 spiro atoms. The van der Waals surface area contributed by atoms with Crippen LogP contribution in [-0.4, -0.2) is 19.7 Å². The van der Waals surface area contributed by atoms with Crippen LogP contribution in [0.1, 0.15) is 5.56 Å². The summed E-state index contributed by atoms with van der Waals surface area (Å²) in [5.74, 6) is -2.21. The smallest absolute Gasteiger partial charge is 0.229 e. The summed E-state index contributed by atoms with van der Waals surface area (Å²) < 4.78 is 41.7. The van der Waals surface area contributed by atoms with Gasteiger partial charge in [0.05, 0.1) is 11.9 Å². The van der Waals surface area contributed by atoms with Crippen LogP contribution in [-0.2, 0) is 13.6 Å². The normalized spacial score (nSPS) is 10.7. The summed E-state index contributed by atoms with van der Waals surface area (Å²) in [5, 5.41) is 9.74. The van der Waals surface area contributed by atoms with E-state index in [-0.39, 0.29) is 12.1 Å². The molecule has 3 rings (SSSR count). The average molecular weight is 334 g/mol. The first-order valence-corrected chi connectivity index (χ1v) is 6.97. The zero-order valence-electron chi connectivity index (χ0n) is 12.6. The van der Waals surface area contributed by atoms with Gasteiger partial charge in [-0.05, 0) is 6.07 Å². The Labute approximate surface area is 135 Å². The third kappa shape index (κ3) is 3.62. The monoisotopic (exact) mass is 334 g/mol. The molecular formula is C15H13F3N6. The largest absolute Gasteiger partial charge is 0.366 e. The van der Waals surface area contributed by atoms with Gasteiger partial charge >= 0.3 is 0 Å². The lowest BCUT2D eigenvalue weighted by atomic mass is 10.2. The highest BCUT2D eigenvalue weighted by Crippen LogP contribution is 2.17. The molecule has 2 heterocycles. The van der Waals surface area contributed by atoms with Crippen molar-refractivity contribution in [1.82, 2.24) is 19.7 Å². The summed E-state index contributed by atoms with van der Waals surface area (Å²) in [5.41, 5.74) is 0.432. The molecule has 0 atom stereocenters. The summed E-state index contributed by atoms with van der Waals surface area (Å²) >= 11 is 0. The fourth-order valence-electron chi connectivity index (χ4n) is 2.05. The molecule has 1 aromatic carbocycles. The number of nitrogens with one attached hydrogen (secondary N) is 2. The number of nitrogens with zero attached hydrogens (tertiary/aromatic N) is 4. The number of benzene rings is 1. The molecule has 24 heavy (non-hydrogen) atoms. The van der Waals surface area contributed by atoms with Crippen molar-refractivity contribution >= 4 is 17.5 Å². The second kappa shape index (κ2) is 6.57. The minimum atomic E-state index is -0.959. The van der Waals surface area contributed by atoms with Gasteiger partial charge in [-0.15, -0.1) is 0 Å². The van der Waals surface area contributed by atoms with Crippen molar-refractivity contribution < 1.29 is 13.2 Å². The standard InChI is InChI=1S/C15H13F3N6/c1-24-8-10(6-21-24)22-15-19-3-2-14(23-15)20-7-11-12(17)4-9(16)5-13(11)18/h2-6,8H,7H2,1H3,(H2,19,20,22,23). The molecule has 0 aliphatic rings. The maximum Gasteiger partial charge on any atom is 0.229 e. The minimum Gasteiger partial charge on any atom is -0.366 e. The topological polar surface area (TPSA) is 67.7 Å². The third-order valence-electron chi connectivity index (χ3n) is 3.17. The molecule has 124 valence electrons. The summed E-state index contributed by atoms with van der Waals surface area (Å²) in [6, 6.07) is 2.82.